The van der Waals surface area contributed by atoms with E-state index in [-0.39, 0.29) is 109 Å². The number of Topliss-reactive ketones (excluding diaryl/α,β-unsaturated/α-hetero) is 2. The molecule has 2 aliphatic carbocycles. The number of phenolic OH excluding ortho intramolecular Hbond substituents is 1. The first-order valence-corrected chi connectivity index (χ1v) is 31.4. The number of aliphatic hydroxyl groups excluding tert-OH is 1. The molecule has 23 heteroatoms. The van der Waals surface area contributed by atoms with Crippen molar-refractivity contribution in [2.75, 3.05) is 40.1 Å². The number of fused-ring (bicyclic) bond motifs is 5. The Balaban J connectivity index is 1.10. The molecule has 482 valence electrons. The van der Waals surface area contributed by atoms with Crippen LogP contribution in [0.3, 0.4) is 0 Å². The van der Waals surface area contributed by atoms with Gasteiger partial charge in [0.15, 0.2) is 5.43 Å². The molecule has 0 aromatic heterocycles. The lowest BCUT2D eigenvalue weighted by molar-refractivity contribution is -0.302. The van der Waals surface area contributed by atoms with Crippen molar-refractivity contribution < 1.29 is 86.2 Å². The third-order valence-electron chi connectivity index (χ3n) is 18.1. The van der Waals surface area contributed by atoms with E-state index in [1.54, 1.807) is 58.2 Å². The van der Waals surface area contributed by atoms with Gasteiger partial charge in [-0.3, -0.25) is 19.2 Å². The number of benzene rings is 3. The number of carbonyl (C=O) groups is 6. The summed E-state index contributed by atoms with van der Waals surface area (Å²) in [6.45, 7) is 8.15. The van der Waals surface area contributed by atoms with E-state index in [9.17, 15) is 44.1 Å². The van der Waals surface area contributed by atoms with Crippen molar-refractivity contribution in [2.45, 2.75) is 166 Å². The zero-order valence-electron chi connectivity index (χ0n) is 54.8. The van der Waals surface area contributed by atoms with Crippen LogP contribution in [0, 0.1) is 29.6 Å². The molecule has 2 aromatic rings. The number of esters is 1. The van der Waals surface area contributed by atoms with Gasteiger partial charge in [-0.15, -0.1) is 0 Å². The Morgan fingerprint density at radius 3 is 2.43 bits per heavy atom. The van der Waals surface area contributed by atoms with E-state index < -0.39 is 103 Å². The minimum atomic E-state index is -2.64. The van der Waals surface area contributed by atoms with Crippen LogP contribution in [-0.2, 0) is 58.3 Å². The molecule has 14 atom stereocenters. The van der Waals surface area contributed by atoms with Gasteiger partial charge in [0.2, 0.25) is 7.22 Å². The maximum Gasteiger partial charge on any atom is 0.407 e. The molecule has 2 amide bonds. The lowest BCUT2D eigenvalue weighted by atomic mass is 9.81. The molecule has 1 saturated carbocycles. The smallest absolute Gasteiger partial charge is 0.407 e. The molecule has 0 spiro atoms. The summed E-state index contributed by atoms with van der Waals surface area (Å²) in [7, 11) is 3.45. The fourth-order valence-electron chi connectivity index (χ4n) is 13.3. The molecule has 6 aliphatic rings. The van der Waals surface area contributed by atoms with Crippen molar-refractivity contribution in [1.29, 1.82) is 4.10 Å². The number of ketones is 2. The molecular formula is C66H85BN2O19S. The number of aliphatic hydroxyl groups is 2. The lowest BCUT2D eigenvalue weighted by Crippen LogP contribution is -2.64. The fourth-order valence-corrected chi connectivity index (χ4v) is 13.8. The second-order valence-corrected chi connectivity index (χ2v) is 25.0. The first-order chi connectivity index (χ1) is 43.9. The van der Waals surface area contributed by atoms with Crippen LogP contribution in [0.5, 0.6) is 5.75 Å². The molecule has 21 nitrogen and oxygen atoms in total. The Labute approximate surface area is 528 Å². The van der Waals surface area contributed by atoms with Crippen LogP contribution in [0.15, 0.2) is 87.1 Å². The highest BCUT2D eigenvalue weighted by atomic mass is 32.2. The normalized spacial score (nSPS) is 30.8. The van der Waals surface area contributed by atoms with E-state index in [0.29, 0.717) is 72.6 Å². The number of hydrogen-bond donors (Lipinski definition) is 5. The largest absolute Gasteiger partial charge is 0.507 e. The summed E-state index contributed by atoms with van der Waals surface area (Å²) in [6, 6.07) is 12.1. The van der Waals surface area contributed by atoms with Gasteiger partial charge in [0.1, 0.15) is 48.9 Å². The number of allylic oxidation sites excluding steroid dienone is 3. The standard InChI is InChI=1S/C66H85BN2O19S/c1-35-25-36(2)27-55(82-7)60-56(83-8)29-38(4)66(80,87-60)61(74)62(75)69-23-12-11-15-48(69)64(78)86-58(37(3)28-40-16-21-52(88-89-34-67)54(30-40)81-6)39(5)50(72)32-51(73)41(26-35)22-24-84-65(79)68-33-47-49(71)20-19-46-57(43-13-9-10-14-44(43)63(76)77)45-18-17-42(70)31-53(45)85-59(46)47/h9-10,13-14,17-20,26,28,31,36,38-41,48,50,52,54-56,58,60,71-72,80H,11-12,15-16,21-25,27,29-30,32-34,67H2,1-8H3,(H,68,79)(H,76,77)/b35-26+,37-28+/t36-,38+,39+,40-,41+,48?,50-,52+,54+,55-,56-,58+,60?,66+/m0/s1/i67TD,72T. The van der Waals surface area contributed by atoms with Gasteiger partial charge < -0.3 is 67.7 Å². The van der Waals surface area contributed by atoms with E-state index in [4.69, 9.17) is 46.2 Å². The first-order valence-electron chi connectivity index (χ1n) is 32.1. The number of ether oxygens (including phenoxy) is 6. The van der Waals surface area contributed by atoms with Crippen molar-refractivity contribution in [3.05, 3.63) is 99.2 Å². The zero-order chi connectivity index (χ0) is 66.7. The number of carboxylic acid groups (broad SMARTS) is 1. The number of amides is 2. The van der Waals surface area contributed by atoms with E-state index in [1.807, 2.05) is 19.9 Å². The molecule has 4 aliphatic heterocycles. The molecule has 89 heavy (non-hydrogen) atoms. The minimum absolute atomic E-state index is 0.00860. The van der Waals surface area contributed by atoms with E-state index in [2.05, 4.69) is 5.32 Å². The topological polar surface area (TPSA) is 293 Å². The highest BCUT2D eigenvalue weighted by Gasteiger charge is 2.57. The number of nitrogens with zero attached hydrogens (tertiary/aromatic N) is 1. The van der Waals surface area contributed by atoms with Gasteiger partial charge in [-0.25, -0.2) is 14.4 Å². The van der Waals surface area contributed by atoms with Crippen molar-refractivity contribution in [3.8, 4) is 28.2 Å². The van der Waals surface area contributed by atoms with Crippen molar-refractivity contribution in [3.63, 3.8) is 0 Å². The number of carbonyl (C=O) groups excluding carboxylic acids is 5. The van der Waals surface area contributed by atoms with Gasteiger partial charge in [-0.1, -0.05) is 56.7 Å². The molecule has 4 heterocycles. The first kappa shape index (κ1) is 64.1. The lowest BCUT2D eigenvalue weighted by Gasteiger charge is -2.47. The molecular weight excluding hydrogens is 1170 g/mol. The monoisotopic (exact) mass is 1260 g/mol. The average molecular weight is 1260 g/mol. The van der Waals surface area contributed by atoms with Crippen LogP contribution in [0.25, 0.3) is 33.4 Å². The van der Waals surface area contributed by atoms with Crippen LogP contribution in [0.4, 0.5) is 4.79 Å². The van der Waals surface area contributed by atoms with E-state index in [0.717, 1.165) is 22.5 Å². The van der Waals surface area contributed by atoms with Crippen molar-refractivity contribution in [2.24, 2.45) is 29.6 Å². The van der Waals surface area contributed by atoms with Gasteiger partial charge in [0.05, 0.1) is 54.8 Å². The molecule has 3 fully saturated rings. The maximum absolute atomic E-state index is 15.0. The summed E-state index contributed by atoms with van der Waals surface area (Å²) in [5.74, 6) is -10.8. The predicted octanol–water partition coefficient (Wildman–Crippen LogP) is 7.92. The number of piperidine rings is 1. The van der Waals surface area contributed by atoms with Gasteiger partial charge in [-0.05, 0) is 152 Å². The summed E-state index contributed by atoms with van der Waals surface area (Å²) < 4.78 is 72.2. The maximum atomic E-state index is 15.0. The Morgan fingerprint density at radius 2 is 1.70 bits per heavy atom. The molecule has 2 bridgehead atoms. The molecule has 2 saturated heterocycles. The summed E-state index contributed by atoms with van der Waals surface area (Å²) in [5, 5.41) is 42.3. The molecule has 2 aromatic carbocycles. The van der Waals surface area contributed by atoms with E-state index >= 15 is 4.79 Å². The van der Waals surface area contributed by atoms with Crippen LogP contribution in [0.2, 0.25) is 0 Å². The van der Waals surface area contributed by atoms with Crippen LogP contribution >= 0.6 is 12.0 Å². The predicted molar refractivity (Wildman–Crippen MR) is 334 cm³/mol. The fraction of sp³-hybridized carbons (Fsp3) is 0.561. The van der Waals surface area contributed by atoms with Gasteiger partial charge in [0.25, 0.3) is 11.7 Å². The van der Waals surface area contributed by atoms with Crippen LogP contribution in [-0.4, -0.2) is 167 Å². The van der Waals surface area contributed by atoms with E-state index in [1.165, 1.54) is 44.6 Å². The third kappa shape index (κ3) is 15.8. The average Bonchev–Trinajstić information content (AvgIpc) is 0.758. The summed E-state index contributed by atoms with van der Waals surface area (Å²) in [6.07, 6.45) is 0.315. The summed E-state index contributed by atoms with van der Waals surface area (Å²) >= 11 is 1.05. The number of aromatic carboxylic acids is 1. The number of cyclic esters (lactones) is 1. The number of methoxy groups -OCH3 is 3. The Morgan fingerprint density at radius 1 is 0.944 bits per heavy atom. The highest BCUT2D eigenvalue weighted by Crippen LogP contribution is 2.45. The highest BCUT2D eigenvalue weighted by molar-refractivity contribution is 7.95. The Hall–Kier alpha value is -6.44. The Bertz CT molecular complexity index is 3390. The number of hydrogen-bond acceptors (Lipinski definition) is 19. The second-order valence-electron chi connectivity index (χ2n) is 24.3. The van der Waals surface area contributed by atoms with Gasteiger partial charge in [0, 0.05) is 74.6 Å². The second kappa shape index (κ2) is 30.6. The Kier molecular flexibility index (Phi) is 22.0. The number of carboxylic acids is 1. The molecule has 2 unspecified atom stereocenters. The van der Waals surface area contributed by atoms with Crippen LogP contribution < -0.4 is 10.7 Å². The number of alkyl carbamates (subject to hydrolysis) is 1. The number of phenols is 1. The van der Waals surface area contributed by atoms with Crippen molar-refractivity contribution >= 4 is 66.3 Å². The summed E-state index contributed by atoms with van der Waals surface area (Å²) in [5.41, 5.74) is 2.37. The minimum Gasteiger partial charge on any atom is -0.507 e. The molecule has 0 radical (unpaired) electrons. The SMILES string of the molecule is [2H]B([3H])CSO[C@@H]1CC[C@@H](/C=C(\C)[C@H]2OC(=O)C3CCCCN3C(=O)C(=O)[C@]3(O)OC([C@@H](OC)C[C@@H](C)C/C(C)=C/[C@@H](CCOC(=O)NCc4c(O)ccc5c(-c6ccccc6C(=O)O)c6ccc(=O)cc-6oc45)C(=O)C[C@H](O[3H])[C@H]2C)[C@@H](OC)C[C@H]3C)C[C@H]1OC. The molecule has 5 N–H and O–H groups in total. The number of nitrogens with one attached hydrogen (secondary N) is 1. The zero-order valence-corrected chi connectivity index (χ0v) is 52.6. The number of rotatable bonds is 17. The number of aromatic hydroxyl groups is 1. The van der Waals surface area contributed by atoms with Crippen molar-refractivity contribution in [1.82, 2.24) is 10.2 Å². The quantitative estimate of drug-likeness (QED) is 0.0167. The molecule has 8 rings (SSSR count). The summed E-state index contributed by atoms with van der Waals surface area (Å²) in [4.78, 5) is 99.1. The van der Waals surface area contributed by atoms with Gasteiger partial charge >= 0.3 is 18.0 Å². The third-order valence-corrected chi connectivity index (χ3v) is 18.6. The van der Waals surface area contributed by atoms with Gasteiger partial charge in [-0.2, -0.15) is 0 Å². The van der Waals surface area contributed by atoms with Crippen LogP contribution in [0.1, 0.15) is 121 Å².